The summed E-state index contributed by atoms with van der Waals surface area (Å²) in [6.07, 6.45) is 0.958. The highest BCUT2D eigenvalue weighted by Gasteiger charge is 2.13. The minimum absolute atomic E-state index is 0.222. The van der Waals surface area contributed by atoms with Gasteiger partial charge in [0.1, 0.15) is 0 Å². The van der Waals surface area contributed by atoms with Gasteiger partial charge < -0.3 is 20.5 Å². The maximum absolute atomic E-state index is 12.5. The second-order valence-electron chi connectivity index (χ2n) is 6.43. The van der Waals surface area contributed by atoms with Crippen LogP contribution in [0.15, 0.2) is 36.4 Å². The lowest BCUT2D eigenvalue weighted by molar-refractivity contribution is 0.102. The molecule has 0 bridgehead atoms. The van der Waals surface area contributed by atoms with Crippen LogP contribution in [0.2, 0.25) is 0 Å². The number of ether oxygens (including phenoxy) is 2. The van der Waals surface area contributed by atoms with Crippen molar-refractivity contribution in [1.82, 2.24) is 0 Å². The molecule has 2 rings (SSSR count). The van der Waals surface area contributed by atoms with E-state index in [-0.39, 0.29) is 5.91 Å². The van der Waals surface area contributed by atoms with E-state index in [0.29, 0.717) is 41.0 Å². The van der Waals surface area contributed by atoms with Gasteiger partial charge in [0.25, 0.3) is 5.91 Å². The first kappa shape index (κ1) is 18.6. The van der Waals surface area contributed by atoms with Crippen LogP contribution >= 0.6 is 0 Å². The van der Waals surface area contributed by atoms with Crippen LogP contribution in [-0.4, -0.2) is 19.6 Å². The molecule has 0 spiro atoms. The number of aryl methyl sites for hydroxylation is 1. The summed E-state index contributed by atoms with van der Waals surface area (Å²) < 4.78 is 11.1. The minimum atomic E-state index is -0.222. The molecule has 0 saturated heterocycles. The molecular formula is C20H26N2O3. The largest absolute Gasteiger partial charge is 0.493 e. The number of nitrogen functional groups attached to an aromatic ring is 1. The number of anilines is 2. The van der Waals surface area contributed by atoms with E-state index in [9.17, 15) is 4.79 Å². The lowest BCUT2D eigenvalue weighted by Crippen LogP contribution is -2.13. The number of nitrogens with two attached hydrogens (primary N) is 1. The molecule has 0 saturated carbocycles. The molecule has 0 heterocycles. The highest BCUT2D eigenvalue weighted by molar-refractivity contribution is 6.05. The Bertz CT molecular complexity index is 742. The molecule has 1 amide bonds. The van der Waals surface area contributed by atoms with E-state index in [1.807, 2.05) is 13.0 Å². The third-order valence-corrected chi connectivity index (χ3v) is 3.89. The quantitative estimate of drug-likeness (QED) is 0.737. The fourth-order valence-electron chi connectivity index (χ4n) is 2.30. The van der Waals surface area contributed by atoms with Crippen LogP contribution in [-0.2, 0) is 0 Å². The van der Waals surface area contributed by atoms with Gasteiger partial charge in [-0.3, -0.25) is 4.79 Å². The van der Waals surface area contributed by atoms with Crippen LogP contribution in [0.25, 0.3) is 0 Å². The Labute approximate surface area is 149 Å². The van der Waals surface area contributed by atoms with E-state index in [1.165, 1.54) is 0 Å². The Morgan fingerprint density at radius 2 is 1.92 bits per heavy atom. The molecule has 0 fully saturated rings. The number of nitrogens with one attached hydrogen (secondary N) is 1. The molecular weight excluding hydrogens is 316 g/mol. The van der Waals surface area contributed by atoms with Gasteiger partial charge in [0, 0.05) is 16.9 Å². The standard InChI is InChI=1S/C20H26N2O3/c1-13(2)9-10-25-18-8-6-15(11-19(18)24-4)20(23)22-17-12-16(21)7-5-14(17)3/h5-8,11-13H,9-10,21H2,1-4H3,(H,22,23). The van der Waals surface area contributed by atoms with Crippen molar-refractivity contribution >= 4 is 17.3 Å². The smallest absolute Gasteiger partial charge is 0.255 e. The molecule has 3 N–H and O–H groups in total. The number of hydrogen-bond donors (Lipinski definition) is 2. The molecule has 134 valence electrons. The van der Waals surface area contributed by atoms with E-state index in [1.54, 1.807) is 37.4 Å². The van der Waals surface area contributed by atoms with Crippen molar-refractivity contribution < 1.29 is 14.3 Å². The summed E-state index contributed by atoms with van der Waals surface area (Å²) >= 11 is 0. The van der Waals surface area contributed by atoms with Gasteiger partial charge in [0.05, 0.1) is 13.7 Å². The summed E-state index contributed by atoms with van der Waals surface area (Å²) in [6.45, 7) is 6.82. The average Bonchev–Trinajstić information content (AvgIpc) is 2.58. The number of carbonyl (C=O) groups is 1. The van der Waals surface area contributed by atoms with Gasteiger partial charge in [-0.2, -0.15) is 0 Å². The van der Waals surface area contributed by atoms with E-state index in [0.717, 1.165) is 12.0 Å². The lowest BCUT2D eigenvalue weighted by Gasteiger charge is -2.14. The molecule has 0 radical (unpaired) electrons. The van der Waals surface area contributed by atoms with Gasteiger partial charge in [0.15, 0.2) is 11.5 Å². The summed E-state index contributed by atoms with van der Waals surface area (Å²) in [5, 5.41) is 2.88. The monoisotopic (exact) mass is 342 g/mol. The topological polar surface area (TPSA) is 73.6 Å². The number of hydrogen-bond acceptors (Lipinski definition) is 4. The van der Waals surface area contributed by atoms with Crippen molar-refractivity contribution in [2.45, 2.75) is 27.2 Å². The number of methoxy groups -OCH3 is 1. The average molecular weight is 342 g/mol. The summed E-state index contributed by atoms with van der Waals surface area (Å²) in [5.74, 6) is 1.53. The van der Waals surface area contributed by atoms with Crippen LogP contribution in [0.5, 0.6) is 11.5 Å². The molecule has 0 aliphatic rings. The Hall–Kier alpha value is -2.69. The van der Waals surface area contributed by atoms with Crippen molar-refractivity contribution in [3.8, 4) is 11.5 Å². The SMILES string of the molecule is COc1cc(C(=O)Nc2cc(N)ccc2C)ccc1OCCC(C)C. The molecule has 2 aromatic carbocycles. The van der Waals surface area contributed by atoms with Gasteiger partial charge >= 0.3 is 0 Å². The normalized spacial score (nSPS) is 10.6. The third kappa shape index (κ3) is 5.14. The summed E-state index contributed by atoms with van der Waals surface area (Å²) in [6, 6.07) is 10.6. The first-order valence-corrected chi connectivity index (χ1v) is 8.39. The van der Waals surface area contributed by atoms with Gasteiger partial charge in [0.2, 0.25) is 0 Å². The zero-order valence-electron chi connectivity index (χ0n) is 15.3. The van der Waals surface area contributed by atoms with Crippen LogP contribution in [0.4, 0.5) is 11.4 Å². The number of carbonyl (C=O) groups excluding carboxylic acids is 1. The van der Waals surface area contributed by atoms with Crippen molar-refractivity contribution in [2.24, 2.45) is 5.92 Å². The number of amides is 1. The van der Waals surface area contributed by atoms with Gasteiger partial charge in [-0.25, -0.2) is 0 Å². The molecule has 25 heavy (non-hydrogen) atoms. The highest BCUT2D eigenvalue weighted by Crippen LogP contribution is 2.29. The molecule has 5 nitrogen and oxygen atoms in total. The molecule has 0 aromatic heterocycles. The maximum Gasteiger partial charge on any atom is 0.255 e. The molecule has 2 aromatic rings. The fraction of sp³-hybridized carbons (Fsp3) is 0.350. The van der Waals surface area contributed by atoms with E-state index in [4.69, 9.17) is 15.2 Å². The van der Waals surface area contributed by atoms with E-state index >= 15 is 0 Å². The minimum Gasteiger partial charge on any atom is -0.493 e. The van der Waals surface area contributed by atoms with Crippen LogP contribution < -0.4 is 20.5 Å². The zero-order valence-corrected chi connectivity index (χ0v) is 15.3. The predicted octanol–water partition coefficient (Wildman–Crippen LogP) is 4.26. The van der Waals surface area contributed by atoms with Gasteiger partial charge in [-0.05, 0) is 55.2 Å². The highest BCUT2D eigenvalue weighted by atomic mass is 16.5. The number of benzene rings is 2. The fourth-order valence-corrected chi connectivity index (χ4v) is 2.30. The predicted molar refractivity (Wildman–Crippen MR) is 101 cm³/mol. The summed E-state index contributed by atoms with van der Waals surface area (Å²) in [7, 11) is 1.56. The van der Waals surface area contributed by atoms with Crippen molar-refractivity contribution in [1.29, 1.82) is 0 Å². The van der Waals surface area contributed by atoms with Crippen molar-refractivity contribution in [2.75, 3.05) is 24.8 Å². The second-order valence-corrected chi connectivity index (χ2v) is 6.43. The van der Waals surface area contributed by atoms with E-state index in [2.05, 4.69) is 19.2 Å². The van der Waals surface area contributed by atoms with Crippen LogP contribution in [0, 0.1) is 12.8 Å². The van der Waals surface area contributed by atoms with E-state index < -0.39 is 0 Å². The summed E-state index contributed by atoms with van der Waals surface area (Å²) in [5.41, 5.74) is 8.53. The number of rotatable bonds is 7. The van der Waals surface area contributed by atoms with Gasteiger partial charge in [-0.1, -0.05) is 19.9 Å². The Morgan fingerprint density at radius 1 is 1.16 bits per heavy atom. The first-order chi connectivity index (χ1) is 11.9. The lowest BCUT2D eigenvalue weighted by atomic mass is 10.1. The molecule has 0 atom stereocenters. The van der Waals surface area contributed by atoms with Crippen LogP contribution in [0.1, 0.15) is 36.2 Å². The Morgan fingerprint density at radius 3 is 2.60 bits per heavy atom. The molecule has 0 aliphatic carbocycles. The second kappa shape index (κ2) is 8.42. The summed E-state index contributed by atoms with van der Waals surface area (Å²) in [4.78, 5) is 12.5. The maximum atomic E-state index is 12.5. The van der Waals surface area contributed by atoms with Crippen LogP contribution in [0.3, 0.4) is 0 Å². The van der Waals surface area contributed by atoms with Crippen molar-refractivity contribution in [3.05, 3.63) is 47.5 Å². The molecule has 5 heteroatoms. The zero-order chi connectivity index (χ0) is 18.4. The first-order valence-electron chi connectivity index (χ1n) is 8.39. The third-order valence-electron chi connectivity index (χ3n) is 3.89. The van der Waals surface area contributed by atoms with Gasteiger partial charge in [-0.15, -0.1) is 0 Å². The Kier molecular flexibility index (Phi) is 6.28. The molecule has 0 aliphatic heterocycles. The van der Waals surface area contributed by atoms with Crippen molar-refractivity contribution in [3.63, 3.8) is 0 Å². The Balaban J connectivity index is 2.13. The molecule has 0 unspecified atom stereocenters.